The van der Waals surface area contributed by atoms with Gasteiger partial charge in [-0.1, -0.05) is 13.8 Å². The molecule has 6 nitrogen and oxygen atoms in total. The lowest BCUT2D eigenvalue weighted by molar-refractivity contribution is 0.488. The lowest BCUT2D eigenvalue weighted by atomic mass is 10.1. The fraction of sp³-hybridized carbons (Fsp3) is 0.467. The number of anilines is 2. The maximum atomic E-state index is 9.27. The van der Waals surface area contributed by atoms with E-state index in [0.717, 1.165) is 24.2 Å². The number of hydrogen-bond donors (Lipinski definition) is 1. The first-order valence-corrected chi connectivity index (χ1v) is 7.05. The molecule has 0 aliphatic carbocycles. The van der Waals surface area contributed by atoms with E-state index in [0.29, 0.717) is 23.1 Å². The minimum atomic E-state index is 0.453. The van der Waals surface area contributed by atoms with Crippen LogP contribution in [0.5, 0.6) is 0 Å². The summed E-state index contributed by atoms with van der Waals surface area (Å²) in [6.45, 7) is 8.96. The Morgan fingerprint density at radius 1 is 1.33 bits per heavy atom. The molecule has 2 rings (SSSR count). The standard InChI is InChI=1S/C15H20N6/c1-10(2)5-7-21-8-6-14(20-21)17-15-13(9-16)11(3)12(4)18-19-15/h6,8,10H,5,7H2,1-4H3,(H,17,19,20). The Hall–Kier alpha value is -2.42. The molecule has 0 fully saturated rings. The van der Waals surface area contributed by atoms with Gasteiger partial charge in [0, 0.05) is 18.8 Å². The molecule has 0 atom stereocenters. The zero-order valence-corrected chi connectivity index (χ0v) is 12.9. The number of nitrogens with zero attached hydrogens (tertiary/aromatic N) is 5. The smallest absolute Gasteiger partial charge is 0.172 e. The average molecular weight is 284 g/mol. The van der Waals surface area contributed by atoms with Gasteiger partial charge in [0.05, 0.1) is 5.69 Å². The molecule has 110 valence electrons. The minimum absolute atomic E-state index is 0.453. The van der Waals surface area contributed by atoms with E-state index in [9.17, 15) is 5.26 Å². The summed E-state index contributed by atoms with van der Waals surface area (Å²) in [7, 11) is 0. The third-order valence-electron chi connectivity index (χ3n) is 3.39. The van der Waals surface area contributed by atoms with E-state index < -0.39 is 0 Å². The van der Waals surface area contributed by atoms with E-state index in [4.69, 9.17) is 0 Å². The highest BCUT2D eigenvalue weighted by Crippen LogP contribution is 2.20. The summed E-state index contributed by atoms with van der Waals surface area (Å²) in [6.07, 6.45) is 3.00. The molecule has 0 aliphatic heterocycles. The molecule has 0 bridgehead atoms. The quantitative estimate of drug-likeness (QED) is 0.913. The van der Waals surface area contributed by atoms with E-state index >= 15 is 0 Å². The van der Waals surface area contributed by atoms with Gasteiger partial charge in [0.2, 0.25) is 0 Å². The Morgan fingerprint density at radius 2 is 2.10 bits per heavy atom. The first kappa shape index (κ1) is 15.0. The highest BCUT2D eigenvalue weighted by atomic mass is 15.3. The zero-order valence-electron chi connectivity index (χ0n) is 12.9. The van der Waals surface area contributed by atoms with Gasteiger partial charge in [0.1, 0.15) is 11.6 Å². The summed E-state index contributed by atoms with van der Waals surface area (Å²) >= 11 is 0. The number of nitrogens with one attached hydrogen (secondary N) is 1. The van der Waals surface area contributed by atoms with Crippen molar-refractivity contribution in [3.63, 3.8) is 0 Å². The Labute approximate surface area is 124 Å². The average Bonchev–Trinajstić information content (AvgIpc) is 2.89. The highest BCUT2D eigenvalue weighted by Gasteiger charge is 2.12. The Morgan fingerprint density at radius 3 is 2.76 bits per heavy atom. The van der Waals surface area contributed by atoms with Gasteiger partial charge < -0.3 is 5.32 Å². The Kier molecular flexibility index (Phi) is 4.53. The molecular formula is C15H20N6. The van der Waals surface area contributed by atoms with Crippen molar-refractivity contribution in [1.29, 1.82) is 5.26 Å². The minimum Gasteiger partial charge on any atom is -0.321 e. The van der Waals surface area contributed by atoms with Crippen molar-refractivity contribution in [2.24, 2.45) is 5.92 Å². The van der Waals surface area contributed by atoms with Crippen LogP contribution < -0.4 is 5.32 Å². The van der Waals surface area contributed by atoms with Crippen LogP contribution in [0.4, 0.5) is 11.6 Å². The van der Waals surface area contributed by atoms with E-state index in [1.165, 1.54) is 0 Å². The summed E-state index contributed by atoms with van der Waals surface area (Å²) in [4.78, 5) is 0. The highest BCUT2D eigenvalue weighted by molar-refractivity contribution is 5.62. The molecule has 2 aromatic heterocycles. The molecule has 1 N–H and O–H groups in total. The van der Waals surface area contributed by atoms with E-state index in [-0.39, 0.29) is 0 Å². The first-order valence-electron chi connectivity index (χ1n) is 7.05. The lowest BCUT2D eigenvalue weighted by Crippen LogP contribution is -2.05. The molecule has 0 spiro atoms. The van der Waals surface area contributed by atoms with Gasteiger partial charge in [-0.25, -0.2) is 0 Å². The molecule has 2 heterocycles. The molecule has 2 aromatic rings. The monoisotopic (exact) mass is 284 g/mol. The molecule has 0 aliphatic rings. The molecule has 0 saturated carbocycles. The normalized spacial score (nSPS) is 10.7. The van der Waals surface area contributed by atoms with Crippen molar-refractivity contribution in [3.05, 3.63) is 29.1 Å². The van der Waals surface area contributed by atoms with Crippen LogP contribution in [0.2, 0.25) is 0 Å². The van der Waals surface area contributed by atoms with Crippen LogP contribution in [0.25, 0.3) is 0 Å². The molecule has 0 unspecified atom stereocenters. The van der Waals surface area contributed by atoms with Crippen LogP contribution >= 0.6 is 0 Å². The van der Waals surface area contributed by atoms with Gasteiger partial charge >= 0.3 is 0 Å². The number of aromatic nitrogens is 4. The van der Waals surface area contributed by atoms with Gasteiger partial charge in [-0.15, -0.1) is 5.10 Å². The predicted octanol–water partition coefficient (Wildman–Crippen LogP) is 2.95. The summed E-state index contributed by atoms with van der Waals surface area (Å²) in [5.74, 6) is 1.77. The van der Waals surface area contributed by atoms with Crippen LogP contribution in [0.1, 0.15) is 37.1 Å². The van der Waals surface area contributed by atoms with Crippen molar-refractivity contribution >= 4 is 11.6 Å². The lowest BCUT2D eigenvalue weighted by Gasteiger charge is -2.07. The van der Waals surface area contributed by atoms with Crippen LogP contribution in [0.3, 0.4) is 0 Å². The fourth-order valence-corrected chi connectivity index (χ4v) is 1.90. The maximum Gasteiger partial charge on any atom is 0.172 e. The maximum absolute atomic E-state index is 9.27. The van der Waals surface area contributed by atoms with E-state index in [1.807, 2.05) is 30.8 Å². The van der Waals surface area contributed by atoms with Crippen LogP contribution in [-0.4, -0.2) is 20.0 Å². The van der Waals surface area contributed by atoms with Gasteiger partial charge in [-0.2, -0.15) is 15.5 Å². The molecule has 21 heavy (non-hydrogen) atoms. The zero-order chi connectivity index (χ0) is 15.4. The summed E-state index contributed by atoms with van der Waals surface area (Å²) in [5, 5.41) is 24.9. The second kappa shape index (κ2) is 6.35. The van der Waals surface area contributed by atoms with Gasteiger partial charge in [0.15, 0.2) is 11.6 Å². The molecule has 0 amide bonds. The molecule has 0 saturated heterocycles. The number of aryl methyl sites for hydroxylation is 2. The van der Waals surface area contributed by atoms with Gasteiger partial charge in [0.25, 0.3) is 0 Å². The second-order valence-electron chi connectivity index (χ2n) is 5.52. The summed E-state index contributed by atoms with van der Waals surface area (Å²) < 4.78 is 1.89. The van der Waals surface area contributed by atoms with E-state index in [1.54, 1.807) is 0 Å². The molecular weight excluding hydrogens is 264 g/mol. The van der Waals surface area contributed by atoms with E-state index in [2.05, 4.69) is 40.5 Å². The summed E-state index contributed by atoms with van der Waals surface area (Å²) in [6, 6.07) is 4.05. The van der Waals surface area contributed by atoms with Gasteiger partial charge in [-0.3, -0.25) is 4.68 Å². The topological polar surface area (TPSA) is 79.4 Å². The molecule has 0 aromatic carbocycles. The fourth-order valence-electron chi connectivity index (χ4n) is 1.90. The van der Waals surface area contributed by atoms with Crippen LogP contribution in [0, 0.1) is 31.1 Å². The molecule has 6 heteroatoms. The first-order chi connectivity index (χ1) is 10.0. The van der Waals surface area contributed by atoms with Crippen molar-refractivity contribution in [1.82, 2.24) is 20.0 Å². The van der Waals surface area contributed by atoms with Crippen molar-refractivity contribution < 1.29 is 0 Å². The summed E-state index contributed by atoms with van der Waals surface area (Å²) in [5.41, 5.74) is 2.12. The third-order valence-corrected chi connectivity index (χ3v) is 3.39. The van der Waals surface area contributed by atoms with Gasteiger partial charge in [-0.05, 0) is 31.7 Å². The molecule has 0 radical (unpaired) electrons. The largest absolute Gasteiger partial charge is 0.321 e. The Balaban J connectivity index is 2.16. The number of hydrogen-bond acceptors (Lipinski definition) is 5. The predicted molar refractivity (Wildman–Crippen MR) is 81.2 cm³/mol. The van der Waals surface area contributed by atoms with Crippen molar-refractivity contribution in [2.75, 3.05) is 5.32 Å². The van der Waals surface area contributed by atoms with Crippen molar-refractivity contribution in [3.8, 4) is 6.07 Å². The van der Waals surface area contributed by atoms with Crippen LogP contribution in [0.15, 0.2) is 12.3 Å². The van der Waals surface area contributed by atoms with Crippen molar-refractivity contribution in [2.45, 2.75) is 40.7 Å². The third kappa shape index (κ3) is 3.57. The number of rotatable bonds is 5. The van der Waals surface area contributed by atoms with Crippen LogP contribution in [-0.2, 0) is 6.54 Å². The Bertz CT molecular complexity index is 665. The second-order valence-corrected chi connectivity index (χ2v) is 5.52. The SMILES string of the molecule is Cc1nnc(Nc2ccn(CCC(C)C)n2)c(C#N)c1C. The number of nitriles is 1.